The highest BCUT2D eigenvalue weighted by Crippen LogP contribution is 2.15. The molecule has 1 heterocycles. The molecule has 1 amide bonds. The predicted molar refractivity (Wildman–Crippen MR) is 59.0 cm³/mol. The van der Waals surface area contributed by atoms with Gasteiger partial charge in [0.05, 0.1) is 0 Å². The molecule has 0 unspecified atom stereocenters. The van der Waals surface area contributed by atoms with Crippen LogP contribution in [0.5, 0.6) is 0 Å². The Bertz CT molecular complexity index is 395. The lowest BCUT2D eigenvalue weighted by atomic mass is 10.3. The summed E-state index contributed by atoms with van der Waals surface area (Å²) in [5, 5.41) is 13.0. The number of carbonyl (C=O) groups excluding carboxylic acids is 1. The molecule has 0 spiro atoms. The Hall–Kier alpha value is -1.62. The lowest BCUT2D eigenvalue weighted by molar-refractivity contribution is -0.118. The van der Waals surface area contributed by atoms with E-state index in [1.54, 1.807) is 23.6 Å². The number of thiophene rings is 1. The predicted octanol–water partition coefficient (Wildman–Crippen LogP) is 1.60. The van der Waals surface area contributed by atoms with Crippen LogP contribution in [0.2, 0.25) is 0 Å². The molecule has 0 aromatic carbocycles. The van der Waals surface area contributed by atoms with Gasteiger partial charge in [-0.25, -0.2) is 4.79 Å². The maximum atomic E-state index is 10.6. The molecule has 0 radical (unpaired) electrons. The van der Waals surface area contributed by atoms with Gasteiger partial charge in [0.2, 0.25) is 5.91 Å². The van der Waals surface area contributed by atoms with Gasteiger partial charge in [-0.05, 0) is 17.0 Å². The van der Waals surface area contributed by atoms with E-state index in [9.17, 15) is 9.59 Å². The van der Waals surface area contributed by atoms with E-state index in [0.29, 0.717) is 11.4 Å². The third-order valence-electron chi connectivity index (χ3n) is 1.61. The van der Waals surface area contributed by atoms with Gasteiger partial charge in [-0.3, -0.25) is 4.79 Å². The van der Waals surface area contributed by atoms with Crippen molar-refractivity contribution in [3.8, 4) is 0 Å². The Balaban J connectivity index is 2.50. The smallest absolute Gasteiger partial charge is 0.345 e. The van der Waals surface area contributed by atoms with E-state index in [2.05, 4.69) is 5.32 Å². The summed E-state index contributed by atoms with van der Waals surface area (Å²) in [6.45, 7) is 1.90. The van der Waals surface area contributed by atoms with Crippen molar-refractivity contribution in [3.05, 3.63) is 28.0 Å². The number of amides is 1. The van der Waals surface area contributed by atoms with E-state index in [1.165, 1.54) is 18.3 Å². The van der Waals surface area contributed by atoms with Gasteiger partial charge in [0, 0.05) is 13.5 Å². The largest absolute Gasteiger partial charge is 0.477 e. The third kappa shape index (κ3) is 3.95. The molecule has 2 N–H and O–H groups in total. The molecule has 5 heteroatoms. The zero-order chi connectivity index (χ0) is 11.3. The molecule has 0 saturated heterocycles. The first kappa shape index (κ1) is 11.5. The van der Waals surface area contributed by atoms with Gasteiger partial charge in [-0.1, -0.05) is 12.2 Å². The summed E-state index contributed by atoms with van der Waals surface area (Å²) in [4.78, 5) is 21.4. The lowest BCUT2D eigenvalue weighted by Crippen LogP contribution is -2.19. The summed E-state index contributed by atoms with van der Waals surface area (Å²) in [7, 11) is 0. The van der Waals surface area contributed by atoms with Crippen LogP contribution in [-0.2, 0) is 4.79 Å². The van der Waals surface area contributed by atoms with Gasteiger partial charge in [0.25, 0.3) is 0 Å². The average Bonchev–Trinajstić information content (AvgIpc) is 2.60. The van der Waals surface area contributed by atoms with Gasteiger partial charge in [-0.2, -0.15) is 0 Å². The van der Waals surface area contributed by atoms with E-state index in [-0.39, 0.29) is 5.91 Å². The molecular formula is C10H11NO3S. The highest BCUT2D eigenvalue weighted by Gasteiger charge is 2.04. The summed E-state index contributed by atoms with van der Waals surface area (Å²) in [5.74, 6) is -1.00. The van der Waals surface area contributed by atoms with Crippen molar-refractivity contribution >= 4 is 29.3 Å². The molecule has 0 saturated carbocycles. The fourth-order valence-electron chi connectivity index (χ4n) is 0.948. The van der Waals surface area contributed by atoms with Crippen molar-refractivity contribution in [2.24, 2.45) is 0 Å². The van der Waals surface area contributed by atoms with Gasteiger partial charge in [-0.15, -0.1) is 11.3 Å². The minimum atomic E-state index is -0.915. The van der Waals surface area contributed by atoms with Gasteiger partial charge >= 0.3 is 5.97 Å². The monoisotopic (exact) mass is 225 g/mol. The molecule has 0 fully saturated rings. The van der Waals surface area contributed by atoms with E-state index in [1.807, 2.05) is 0 Å². The van der Waals surface area contributed by atoms with Gasteiger partial charge in [0.15, 0.2) is 0 Å². The Morgan fingerprint density at radius 1 is 1.60 bits per heavy atom. The summed E-state index contributed by atoms with van der Waals surface area (Å²) in [6.07, 6.45) is 3.55. The SMILES string of the molecule is CC(=O)NCC=Cc1csc(C(=O)O)c1. The molecule has 0 aliphatic rings. The van der Waals surface area contributed by atoms with Gasteiger partial charge < -0.3 is 10.4 Å². The molecule has 1 aromatic heterocycles. The number of nitrogens with one attached hydrogen (secondary N) is 1. The molecule has 80 valence electrons. The van der Waals surface area contributed by atoms with Crippen LogP contribution in [0.3, 0.4) is 0 Å². The van der Waals surface area contributed by atoms with Crippen LogP contribution in [0.4, 0.5) is 0 Å². The summed E-state index contributed by atoms with van der Waals surface area (Å²) < 4.78 is 0. The van der Waals surface area contributed by atoms with Crippen molar-refractivity contribution in [1.29, 1.82) is 0 Å². The number of hydrogen-bond acceptors (Lipinski definition) is 3. The molecule has 1 aromatic rings. The van der Waals surface area contributed by atoms with Crippen LogP contribution in [0.1, 0.15) is 22.2 Å². The minimum Gasteiger partial charge on any atom is -0.477 e. The summed E-state index contributed by atoms with van der Waals surface area (Å²) in [6, 6.07) is 1.59. The van der Waals surface area contributed by atoms with Crippen LogP contribution in [0, 0.1) is 0 Å². The zero-order valence-corrected chi connectivity index (χ0v) is 9.00. The van der Waals surface area contributed by atoms with E-state index >= 15 is 0 Å². The highest BCUT2D eigenvalue weighted by molar-refractivity contribution is 7.12. The molecule has 1 rings (SSSR count). The third-order valence-corrected chi connectivity index (χ3v) is 2.55. The Morgan fingerprint density at radius 3 is 2.87 bits per heavy atom. The molecule has 0 aliphatic carbocycles. The van der Waals surface area contributed by atoms with Crippen molar-refractivity contribution in [1.82, 2.24) is 5.32 Å². The average molecular weight is 225 g/mol. The van der Waals surface area contributed by atoms with Crippen molar-refractivity contribution in [2.75, 3.05) is 6.54 Å². The normalized spacial score (nSPS) is 10.5. The molecular weight excluding hydrogens is 214 g/mol. The second-order valence-corrected chi connectivity index (χ2v) is 3.80. The quantitative estimate of drug-likeness (QED) is 0.817. The Labute approximate surface area is 91.2 Å². The molecule has 4 nitrogen and oxygen atoms in total. The number of carboxylic acid groups (broad SMARTS) is 1. The number of carboxylic acids is 1. The maximum Gasteiger partial charge on any atom is 0.345 e. The molecule has 0 atom stereocenters. The van der Waals surface area contributed by atoms with Crippen LogP contribution >= 0.6 is 11.3 Å². The van der Waals surface area contributed by atoms with Crippen LogP contribution in [-0.4, -0.2) is 23.5 Å². The number of aromatic carboxylic acids is 1. The van der Waals surface area contributed by atoms with E-state index in [0.717, 1.165) is 5.56 Å². The Kier molecular flexibility index (Phi) is 4.05. The molecule has 15 heavy (non-hydrogen) atoms. The van der Waals surface area contributed by atoms with E-state index in [4.69, 9.17) is 5.11 Å². The van der Waals surface area contributed by atoms with Gasteiger partial charge in [0.1, 0.15) is 4.88 Å². The summed E-state index contributed by atoms with van der Waals surface area (Å²) >= 11 is 1.18. The fraction of sp³-hybridized carbons (Fsp3) is 0.200. The number of rotatable bonds is 4. The lowest BCUT2D eigenvalue weighted by Gasteiger charge is -1.93. The molecule has 0 aliphatic heterocycles. The standard InChI is InChI=1S/C10H11NO3S/c1-7(12)11-4-2-3-8-5-9(10(13)14)15-6-8/h2-3,5-6H,4H2,1H3,(H,11,12)(H,13,14). The van der Waals surface area contributed by atoms with Crippen molar-refractivity contribution in [2.45, 2.75) is 6.92 Å². The number of hydrogen-bond donors (Lipinski definition) is 2. The van der Waals surface area contributed by atoms with E-state index < -0.39 is 5.97 Å². The first-order valence-electron chi connectivity index (χ1n) is 4.32. The number of carbonyl (C=O) groups is 2. The first-order valence-corrected chi connectivity index (χ1v) is 5.20. The van der Waals surface area contributed by atoms with Crippen molar-refractivity contribution in [3.63, 3.8) is 0 Å². The minimum absolute atomic E-state index is 0.0869. The maximum absolute atomic E-state index is 10.6. The fourth-order valence-corrected chi connectivity index (χ4v) is 1.66. The van der Waals surface area contributed by atoms with Crippen LogP contribution < -0.4 is 5.32 Å². The topological polar surface area (TPSA) is 66.4 Å². The second kappa shape index (κ2) is 5.31. The highest BCUT2D eigenvalue weighted by atomic mass is 32.1. The van der Waals surface area contributed by atoms with Crippen LogP contribution in [0.15, 0.2) is 17.5 Å². The first-order chi connectivity index (χ1) is 7.09. The van der Waals surface area contributed by atoms with Crippen LogP contribution in [0.25, 0.3) is 6.08 Å². The van der Waals surface area contributed by atoms with Crippen molar-refractivity contribution < 1.29 is 14.7 Å². The Morgan fingerprint density at radius 2 is 2.33 bits per heavy atom. The zero-order valence-electron chi connectivity index (χ0n) is 8.19. The second-order valence-electron chi connectivity index (χ2n) is 2.89. The summed E-state index contributed by atoms with van der Waals surface area (Å²) in [5.41, 5.74) is 0.836. The molecule has 0 bridgehead atoms.